The van der Waals surface area contributed by atoms with Crippen LogP contribution in [0.4, 0.5) is 10.1 Å². The maximum Gasteiger partial charge on any atom is 0.299 e. The molecule has 1 saturated heterocycles. The van der Waals surface area contributed by atoms with Crippen molar-refractivity contribution >= 4 is 17.4 Å². The zero-order valence-electron chi connectivity index (χ0n) is 9.69. The molecule has 0 bridgehead atoms. The number of rotatable bonds is 2. The maximum atomic E-state index is 13.8. The first-order valence-electron chi connectivity index (χ1n) is 5.95. The summed E-state index contributed by atoms with van der Waals surface area (Å²) < 4.78 is 19.2. The quantitative estimate of drug-likeness (QED) is 0.747. The minimum atomic E-state index is -0.661. The predicted molar refractivity (Wildman–Crippen MR) is 62.1 cm³/mol. The maximum absolute atomic E-state index is 13.8. The van der Waals surface area contributed by atoms with E-state index < -0.39 is 17.5 Å². The molecule has 3 rings (SSSR count). The molecular formula is C13H12FNO3. The second kappa shape index (κ2) is 4.17. The first kappa shape index (κ1) is 11.3. The summed E-state index contributed by atoms with van der Waals surface area (Å²) in [5.41, 5.74) is 0.251. The van der Waals surface area contributed by atoms with Crippen molar-refractivity contribution < 1.29 is 18.7 Å². The van der Waals surface area contributed by atoms with Crippen LogP contribution in [0.5, 0.6) is 0 Å². The largest absolute Gasteiger partial charge is 0.376 e. The summed E-state index contributed by atoms with van der Waals surface area (Å²) in [5, 5.41) is 0. The van der Waals surface area contributed by atoms with Gasteiger partial charge in [0, 0.05) is 6.61 Å². The van der Waals surface area contributed by atoms with E-state index in [-0.39, 0.29) is 23.9 Å². The van der Waals surface area contributed by atoms with E-state index in [9.17, 15) is 14.0 Å². The number of hydrogen-bond donors (Lipinski definition) is 0. The molecule has 1 unspecified atom stereocenters. The number of hydrogen-bond acceptors (Lipinski definition) is 3. The van der Waals surface area contributed by atoms with Gasteiger partial charge in [0.15, 0.2) is 0 Å². The van der Waals surface area contributed by atoms with E-state index in [1.54, 1.807) is 0 Å². The van der Waals surface area contributed by atoms with Crippen LogP contribution in [0, 0.1) is 5.82 Å². The van der Waals surface area contributed by atoms with Gasteiger partial charge in [-0.3, -0.25) is 14.5 Å². The molecule has 1 aromatic rings. The van der Waals surface area contributed by atoms with Crippen molar-refractivity contribution in [3.05, 3.63) is 29.6 Å². The van der Waals surface area contributed by atoms with Gasteiger partial charge in [0.2, 0.25) is 0 Å². The minimum Gasteiger partial charge on any atom is -0.376 e. The molecule has 2 heterocycles. The molecule has 0 radical (unpaired) electrons. The molecule has 0 saturated carbocycles. The summed E-state index contributed by atoms with van der Waals surface area (Å²) in [7, 11) is 0. The molecule has 4 nitrogen and oxygen atoms in total. The third kappa shape index (κ3) is 1.62. The summed E-state index contributed by atoms with van der Waals surface area (Å²) in [5.74, 6) is -1.84. The van der Waals surface area contributed by atoms with E-state index in [2.05, 4.69) is 0 Å². The molecule has 0 spiro atoms. The molecule has 18 heavy (non-hydrogen) atoms. The lowest BCUT2D eigenvalue weighted by atomic mass is 10.1. The minimum absolute atomic E-state index is 0.100. The van der Waals surface area contributed by atoms with E-state index >= 15 is 0 Å². The van der Waals surface area contributed by atoms with Gasteiger partial charge in [-0.2, -0.15) is 0 Å². The van der Waals surface area contributed by atoms with E-state index in [0.717, 1.165) is 12.8 Å². The van der Waals surface area contributed by atoms with Crippen LogP contribution in [-0.2, 0) is 9.53 Å². The Bertz CT molecular complexity index is 523. The first-order chi connectivity index (χ1) is 8.68. The van der Waals surface area contributed by atoms with Crippen LogP contribution in [0.3, 0.4) is 0 Å². The monoisotopic (exact) mass is 249 g/mol. The summed E-state index contributed by atoms with van der Waals surface area (Å²) >= 11 is 0. The first-order valence-corrected chi connectivity index (χ1v) is 5.95. The normalized spacial score (nSPS) is 22.7. The van der Waals surface area contributed by atoms with Crippen molar-refractivity contribution in [1.82, 2.24) is 0 Å². The van der Waals surface area contributed by atoms with Crippen molar-refractivity contribution in [1.29, 1.82) is 0 Å². The number of carbonyl (C=O) groups excluding carboxylic acids is 2. The van der Waals surface area contributed by atoms with Crippen LogP contribution < -0.4 is 4.90 Å². The van der Waals surface area contributed by atoms with Gasteiger partial charge in [-0.1, -0.05) is 6.07 Å². The van der Waals surface area contributed by atoms with Crippen LogP contribution in [0.15, 0.2) is 18.2 Å². The predicted octanol–water partition coefficient (Wildman–Crippen LogP) is 1.53. The van der Waals surface area contributed by atoms with Gasteiger partial charge in [0.25, 0.3) is 11.7 Å². The molecule has 94 valence electrons. The summed E-state index contributed by atoms with van der Waals surface area (Å²) in [6.07, 6.45) is 1.67. The van der Waals surface area contributed by atoms with Crippen LogP contribution >= 0.6 is 0 Å². The van der Waals surface area contributed by atoms with Crippen LogP contribution in [-0.4, -0.2) is 30.9 Å². The topological polar surface area (TPSA) is 46.6 Å². The highest BCUT2D eigenvalue weighted by molar-refractivity contribution is 6.52. The van der Waals surface area contributed by atoms with Crippen LogP contribution in [0.25, 0.3) is 0 Å². The third-order valence-electron chi connectivity index (χ3n) is 3.35. The van der Waals surface area contributed by atoms with Crippen molar-refractivity contribution in [2.45, 2.75) is 18.9 Å². The Hall–Kier alpha value is -1.75. The second-order valence-corrected chi connectivity index (χ2v) is 4.52. The van der Waals surface area contributed by atoms with Gasteiger partial charge in [0.1, 0.15) is 5.82 Å². The van der Waals surface area contributed by atoms with Gasteiger partial charge in [0.05, 0.1) is 23.9 Å². The van der Waals surface area contributed by atoms with Gasteiger partial charge >= 0.3 is 0 Å². The van der Waals surface area contributed by atoms with Gasteiger partial charge < -0.3 is 4.74 Å². The fourth-order valence-corrected chi connectivity index (χ4v) is 2.48. The van der Waals surface area contributed by atoms with Gasteiger partial charge in [-0.15, -0.1) is 0 Å². The summed E-state index contributed by atoms with van der Waals surface area (Å²) in [6, 6.07) is 4.18. The number of ether oxygens (including phenoxy) is 1. The number of halogens is 1. The molecular weight excluding hydrogens is 237 g/mol. The lowest BCUT2D eigenvalue weighted by Crippen LogP contribution is -2.36. The van der Waals surface area contributed by atoms with Crippen molar-refractivity contribution in [2.24, 2.45) is 0 Å². The number of amides is 1. The van der Waals surface area contributed by atoms with Crippen molar-refractivity contribution in [3.63, 3.8) is 0 Å². The smallest absolute Gasteiger partial charge is 0.299 e. The highest BCUT2D eigenvalue weighted by Gasteiger charge is 2.39. The Kier molecular flexibility index (Phi) is 2.63. The standard InChI is InChI=1S/C13H12FNO3/c14-10-5-1-4-9-11(10)15(13(17)12(9)16)7-8-3-2-6-18-8/h1,4-5,8H,2-3,6-7H2. The molecule has 0 N–H and O–H groups in total. The fraction of sp³-hybridized carbons (Fsp3) is 0.385. The van der Waals surface area contributed by atoms with Crippen molar-refractivity contribution in [3.8, 4) is 0 Å². The molecule has 0 aromatic heterocycles. The van der Waals surface area contributed by atoms with E-state index in [1.807, 2.05) is 0 Å². The van der Waals surface area contributed by atoms with E-state index in [0.29, 0.717) is 6.61 Å². The number of fused-ring (bicyclic) bond motifs is 1. The second-order valence-electron chi connectivity index (χ2n) is 4.52. The highest BCUT2D eigenvalue weighted by Crippen LogP contribution is 2.32. The zero-order valence-corrected chi connectivity index (χ0v) is 9.69. The summed E-state index contributed by atoms with van der Waals surface area (Å²) in [4.78, 5) is 24.8. The number of nitrogens with zero attached hydrogens (tertiary/aromatic N) is 1. The number of Topliss-reactive ketones (excluding diaryl/α,β-unsaturated/α-hetero) is 1. The van der Waals surface area contributed by atoms with Gasteiger partial charge in [-0.05, 0) is 25.0 Å². The average molecular weight is 249 g/mol. The lowest BCUT2D eigenvalue weighted by Gasteiger charge is -2.20. The molecule has 2 aliphatic heterocycles. The molecule has 5 heteroatoms. The molecule has 1 amide bonds. The Labute approximate surface area is 103 Å². The Morgan fingerprint density at radius 2 is 2.22 bits per heavy atom. The average Bonchev–Trinajstić information content (AvgIpc) is 2.94. The lowest BCUT2D eigenvalue weighted by molar-refractivity contribution is -0.114. The van der Waals surface area contributed by atoms with Crippen LogP contribution in [0.2, 0.25) is 0 Å². The Balaban J connectivity index is 1.96. The zero-order chi connectivity index (χ0) is 12.7. The number of carbonyl (C=O) groups is 2. The fourth-order valence-electron chi connectivity index (χ4n) is 2.48. The third-order valence-corrected chi connectivity index (χ3v) is 3.35. The van der Waals surface area contributed by atoms with E-state index in [4.69, 9.17) is 4.74 Å². The molecule has 1 fully saturated rings. The SMILES string of the molecule is O=C1C(=O)N(CC2CCCO2)c2c(F)cccc21. The number of para-hydroxylation sites is 1. The molecule has 1 atom stereocenters. The van der Waals surface area contributed by atoms with Crippen molar-refractivity contribution in [2.75, 3.05) is 18.1 Å². The number of ketones is 1. The molecule has 0 aliphatic carbocycles. The van der Waals surface area contributed by atoms with E-state index in [1.165, 1.54) is 23.1 Å². The number of benzene rings is 1. The Morgan fingerprint density at radius 3 is 2.94 bits per heavy atom. The number of anilines is 1. The Morgan fingerprint density at radius 1 is 1.39 bits per heavy atom. The molecule has 2 aliphatic rings. The van der Waals surface area contributed by atoms with Gasteiger partial charge in [-0.25, -0.2) is 4.39 Å². The highest BCUT2D eigenvalue weighted by atomic mass is 19.1. The summed E-state index contributed by atoms with van der Waals surface area (Å²) in [6.45, 7) is 0.906. The molecule has 1 aromatic carbocycles. The van der Waals surface area contributed by atoms with Crippen LogP contribution in [0.1, 0.15) is 23.2 Å².